The van der Waals surface area contributed by atoms with E-state index in [9.17, 15) is 4.79 Å². The minimum atomic E-state index is -0.247. The number of nitrogens with zero attached hydrogens (tertiary/aromatic N) is 1. The molecule has 0 saturated heterocycles. The van der Waals surface area contributed by atoms with Crippen LogP contribution in [-0.2, 0) is 17.6 Å². The zero-order valence-electron chi connectivity index (χ0n) is 16.4. The Morgan fingerprint density at radius 1 is 1.15 bits per heavy atom. The van der Waals surface area contributed by atoms with E-state index in [2.05, 4.69) is 24.1 Å². The molecule has 0 aliphatic heterocycles. The minimum absolute atomic E-state index is 0.247. The first-order valence-corrected chi connectivity index (χ1v) is 11.1. The number of carbonyl (C=O) groups is 1. The molecule has 0 amide bonds. The van der Waals surface area contributed by atoms with Crippen LogP contribution in [0.2, 0.25) is 0 Å². The van der Waals surface area contributed by atoms with Gasteiger partial charge in [0.1, 0.15) is 5.00 Å². The molecular formula is C20H32N2O2S2. The van der Waals surface area contributed by atoms with Gasteiger partial charge in [-0.15, -0.1) is 11.3 Å². The van der Waals surface area contributed by atoms with Gasteiger partial charge < -0.3 is 15.0 Å². The number of esters is 1. The van der Waals surface area contributed by atoms with Crippen LogP contribution in [0.5, 0.6) is 0 Å². The van der Waals surface area contributed by atoms with Crippen LogP contribution in [0.25, 0.3) is 0 Å². The predicted octanol–water partition coefficient (Wildman–Crippen LogP) is 5.40. The number of fused-ring (bicyclic) bond motifs is 1. The molecule has 1 aromatic heterocycles. The first-order chi connectivity index (χ1) is 12.6. The number of rotatable bonds is 8. The highest BCUT2D eigenvalue weighted by molar-refractivity contribution is 7.80. The molecule has 1 aromatic rings. The van der Waals surface area contributed by atoms with Crippen LogP contribution < -0.4 is 5.32 Å². The lowest BCUT2D eigenvalue weighted by Gasteiger charge is -2.25. The SMILES string of the molecule is CCCCN(CCCC)C(=S)Nc1sc2c(c1C(=O)OC)CCCCC2. The Labute approximate surface area is 167 Å². The minimum Gasteiger partial charge on any atom is -0.465 e. The Morgan fingerprint density at radius 3 is 2.42 bits per heavy atom. The molecule has 6 heteroatoms. The van der Waals surface area contributed by atoms with Crippen LogP contribution in [0.15, 0.2) is 0 Å². The molecule has 1 heterocycles. The Balaban J connectivity index is 2.23. The molecule has 146 valence electrons. The van der Waals surface area contributed by atoms with E-state index in [-0.39, 0.29) is 5.97 Å². The second kappa shape index (κ2) is 10.9. The quantitative estimate of drug-likeness (QED) is 0.362. The van der Waals surface area contributed by atoms with Gasteiger partial charge in [-0.3, -0.25) is 0 Å². The normalized spacial score (nSPS) is 13.7. The number of nitrogens with one attached hydrogen (secondary N) is 1. The summed E-state index contributed by atoms with van der Waals surface area (Å²) in [5.41, 5.74) is 1.89. The van der Waals surface area contributed by atoms with Gasteiger partial charge in [-0.2, -0.15) is 0 Å². The maximum atomic E-state index is 12.5. The number of aryl methyl sites for hydroxylation is 1. The van der Waals surface area contributed by atoms with Crippen molar-refractivity contribution in [2.45, 2.75) is 71.6 Å². The van der Waals surface area contributed by atoms with Crippen LogP contribution in [0.4, 0.5) is 5.00 Å². The topological polar surface area (TPSA) is 41.6 Å². The average molecular weight is 397 g/mol. The smallest absolute Gasteiger partial charge is 0.341 e. The number of carbonyl (C=O) groups excluding carboxylic acids is 1. The van der Waals surface area contributed by atoms with Crippen molar-refractivity contribution in [3.8, 4) is 0 Å². The third-order valence-corrected chi connectivity index (χ3v) is 6.45. The number of hydrogen-bond acceptors (Lipinski definition) is 4. The van der Waals surface area contributed by atoms with E-state index in [1.807, 2.05) is 0 Å². The maximum absolute atomic E-state index is 12.5. The molecule has 2 rings (SSSR count). The molecule has 0 spiro atoms. The zero-order valence-corrected chi connectivity index (χ0v) is 18.0. The van der Waals surface area contributed by atoms with E-state index >= 15 is 0 Å². The van der Waals surface area contributed by atoms with Crippen LogP contribution >= 0.6 is 23.6 Å². The van der Waals surface area contributed by atoms with E-state index in [4.69, 9.17) is 17.0 Å². The van der Waals surface area contributed by atoms with Crippen molar-refractivity contribution in [3.05, 3.63) is 16.0 Å². The third-order valence-electron chi connectivity index (χ3n) is 4.88. The zero-order chi connectivity index (χ0) is 18.9. The van der Waals surface area contributed by atoms with Crippen LogP contribution in [0.3, 0.4) is 0 Å². The van der Waals surface area contributed by atoms with E-state index in [0.29, 0.717) is 5.56 Å². The molecule has 1 N–H and O–H groups in total. The molecule has 26 heavy (non-hydrogen) atoms. The number of methoxy groups -OCH3 is 1. The summed E-state index contributed by atoms with van der Waals surface area (Å²) in [4.78, 5) is 16.0. The lowest BCUT2D eigenvalue weighted by Crippen LogP contribution is -2.36. The number of thiophene rings is 1. The highest BCUT2D eigenvalue weighted by Crippen LogP contribution is 2.38. The molecule has 0 aromatic carbocycles. The van der Waals surface area contributed by atoms with Gasteiger partial charge in [-0.1, -0.05) is 33.1 Å². The molecule has 0 bridgehead atoms. The van der Waals surface area contributed by atoms with Gasteiger partial charge in [0.05, 0.1) is 12.7 Å². The number of hydrogen-bond donors (Lipinski definition) is 1. The number of ether oxygens (including phenoxy) is 1. The second-order valence-corrected chi connectivity index (χ2v) is 8.38. The Hall–Kier alpha value is -1.14. The fraction of sp³-hybridized carbons (Fsp3) is 0.700. The summed E-state index contributed by atoms with van der Waals surface area (Å²) in [5.74, 6) is -0.247. The molecule has 0 saturated carbocycles. The van der Waals surface area contributed by atoms with Crippen molar-refractivity contribution < 1.29 is 9.53 Å². The number of anilines is 1. The van der Waals surface area contributed by atoms with Gasteiger partial charge in [0.15, 0.2) is 5.11 Å². The molecule has 0 fully saturated rings. The first kappa shape index (κ1) is 21.2. The van der Waals surface area contributed by atoms with Crippen molar-refractivity contribution in [2.24, 2.45) is 0 Å². The Kier molecular flexibility index (Phi) is 8.85. The summed E-state index contributed by atoms with van der Waals surface area (Å²) in [7, 11) is 1.46. The van der Waals surface area contributed by atoms with Gasteiger partial charge in [0.2, 0.25) is 0 Å². The van der Waals surface area contributed by atoms with Crippen molar-refractivity contribution in [2.75, 3.05) is 25.5 Å². The fourth-order valence-electron chi connectivity index (χ4n) is 3.34. The Bertz CT molecular complexity index is 605. The summed E-state index contributed by atoms with van der Waals surface area (Å²) < 4.78 is 5.08. The lowest BCUT2D eigenvalue weighted by molar-refractivity contribution is 0.0601. The largest absolute Gasteiger partial charge is 0.465 e. The van der Waals surface area contributed by atoms with Gasteiger partial charge in [-0.25, -0.2) is 4.79 Å². The van der Waals surface area contributed by atoms with Crippen LogP contribution in [-0.4, -0.2) is 36.2 Å². The summed E-state index contributed by atoms with van der Waals surface area (Å²) in [6.07, 6.45) is 10.1. The van der Waals surface area contributed by atoms with Crippen molar-refractivity contribution >= 4 is 39.6 Å². The fourth-order valence-corrected chi connectivity index (χ4v) is 4.96. The average Bonchev–Trinajstić information content (AvgIpc) is 2.81. The standard InChI is InChI=1S/C20H32N2O2S2/c1-4-6-13-22(14-7-5-2)20(25)21-18-17(19(23)24-3)15-11-9-8-10-12-16(15)26-18/h4-14H2,1-3H3,(H,21,25). The summed E-state index contributed by atoms with van der Waals surface area (Å²) >= 11 is 7.39. The lowest BCUT2D eigenvalue weighted by atomic mass is 10.1. The summed E-state index contributed by atoms with van der Waals surface area (Å²) in [5, 5.41) is 4.99. The molecule has 0 atom stereocenters. The predicted molar refractivity (Wildman–Crippen MR) is 115 cm³/mol. The van der Waals surface area contributed by atoms with E-state index < -0.39 is 0 Å². The van der Waals surface area contributed by atoms with Crippen molar-refractivity contribution in [1.82, 2.24) is 4.90 Å². The number of thiocarbonyl (C=S) groups is 1. The van der Waals surface area contributed by atoms with Crippen molar-refractivity contribution in [3.63, 3.8) is 0 Å². The summed E-state index contributed by atoms with van der Waals surface area (Å²) in [6.45, 7) is 6.31. The highest BCUT2D eigenvalue weighted by Gasteiger charge is 2.26. The maximum Gasteiger partial charge on any atom is 0.341 e. The first-order valence-electron chi connectivity index (χ1n) is 9.91. The van der Waals surface area contributed by atoms with E-state index in [0.717, 1.165) is 68.1 Å². The molecule has 4 nitrogen and oxygen atoms in total. The molecule has 0 unspecified atom stereocenters. The van der Waals surface area contributed by atoms with Crippen molar-refractivity contribution in [1.29, 1.82) is 0 Å². The van der Waals surface area contributed by atoms with Gasteiger partial charge in [-0.05, 0) is 56.3 Å². The third kappa shape index (κ3) is 5.43. The molecule has 1 aliphatic carbocycles. The van der Waals surface area contributed by atoms with Gasteiger partial charge in [0.25, 0.3) is 0 Å². The number of unbranched alkanes of at least 4 members (excludes halogenated alkanes) is 2. The van der Waals surface area contributed by atoms with Gasteiger partial charge in [0, 0.05) is 18.0 Å². The monoisotopic (exact) mass is 396 g/mol. The molecule has 0 radical (unpaired) electrons. The van der Waals surface area contributed by atoms with Crippen LogP contribution in [0.1, 0.15) is 79.6 Å². The Morgan fingerprint density at radius 2 is 1.81 bits per heavy atom. The van der Waals surface area contributed by atoms with E-state index in [1.165, 1.54) is 30.4 Å². The van der Waals surface area contributed by atoms with E-state index in [1.54, 1.807) is 11.3 Å². The molecular weight excluding hydrogens is 364 g/mol. The van der Waals surface area contributed by atoms with Gasteiger partial charge >= 0.3 is 5.97 Å². The summed E-state index contributed by atoms with van der Waals surface area (Å²) in [6, 6.07) is 0. The highest BCUT2D eigenvalue weighted by atomic mass is 32.1. The molecule has 1 aliphatic rings. The second-order valence-electron chi connectivity index (χ2n) is 6.88. The van der Waals surface area contributed by atoms with Crippen LogP contribution in [0, 0.1) is 0 Å².